The smallest absolute Gasteiger partial charge is 0.269 e. The van der Waals surface area contributed by atoms with Gasteiger partial charge in [-0.3, -0.25) is 4.79 Å². The van der Waals surface area contributed by atoms with Crippen molar-refractivity contribution < 1.29 is 4.79 Å². The molecule has 1 amide bonds. The SMILES string of the molecule is CC(Cl)CCNC(=O)c1cncn1C. The predicted molar refractivity (Wildman–Crippen MR) is 55.5 cm³/mol. The molecule has 0 saturated carbocycles. The highest BCUT2D eigenvalue weighted by atomic mass is 35.5. The van der Waals surface area contributed by atoms with E-state index in [-0.39, 0.29) is 11.3 Å². The summed E-state index contributed by atoms with van der Waals surface area (Å²) in [4.78, 5) is 15.4. The number of alkyl halides is 1. The molecular weight excluding hydrogens is 202 g/mol. The fourth-order valence-electron chi connectivity index (χ4n) is 1.05. The molecule has 1 aromatic heterocycles. The average Bonchev–Trinajstić information content (AvgIpc) is 2.50. The molecule has 0 aromatic carbocycles. The van der Waals surface area contributed by atoms with Crippen LogP contribution in [0.5, 0.6) is 0 Å². The summed E-state index contributed by atoms with van der Waals surface area (Å²) in [7, 11) is 1.78. The number of hydrogen-bond donors (Lipinski definition) is 1. The summed E-state index contributed by atoms with van der Waals surface area (Å²) in [5, 5.41) is 2.86. The Morgan fingerprint density at radius 3 is 3.00 bits per heavy atom. The zero-order valence-electron chi connectivity index (χ0n) is 8.33. The van der Waals surface area contributed by atoms with Crippen molar-refractivity contribution in [2.24, 2.45) is 7.05 Å². The first kappa shape index (κ1) is 11.0. The van der Waals surface area contributed by atoms with Crippen molar-refractivity contribution in [2.75, 3.05) is 6.54 Å². The molecule has 0 radical (unpaired) electrons. The Hall–Kier alpha value is -1.03. The van der Waals surface area contributed by atoms with Crippen LogP contribution in [0.1, 0.15) is 23.8 Å². The molecule has 0 aliphatic rings. The van der Waals surface area contributed by atoms with E-state index in [0.29, 0.717) is 12.2 Å². The van der Waals surface area contributed by atoms with Gasteiger partial charge in [0.1, 0.15) is 5.69 Å². The Kier molecular flexibility index (Phi) is 3.95. The molecule has 1 N–H and O–H groups in total. The summed E-state index contributed by atoms with van der Waals surface area (Å²) in [6.45, 7) is 2.49. The summed E-state index contributed by atoms with van der Waals surface area (Å²) >= 11 is 5.75. The number of aromatic nitrogens is 2. The van der Waals surface area contributed by atoms with Gasteiger partial charge in [-0.1, -0.05) is 0 Å². The highest BCUT2D eigenvalue weighted by molar-refractivity contribution is 6.20. The number of amides is 1. The van der Waals surface area contributed by atoms with Crippen LogP contribution in [-0.2, 0) is 7.05 Å². The van der Waals surface area contributed by atoms with E-state index in [2.05, 4.69) is 10.3 Å². The van der Waals surface area contributed by atoms with Crippen molar-refractivity contribution in [2.45, 2.75) is 18.7 Å². The van der Waals surface area contributed by atoms with Gasteiger partial charge < -0.3 is 9.88 Å². The van der Waals surface area contributed by atoms with Crippen LogP contribution in [0.25, 0.3) is 0 Å². The monoisotopic (exact) mass is 215 g/mol. The summed E-state index contributed by atoms with van der Waals surface area (Å²) in [5.41, 5.74) is 0.562. The number of rotatable bonds is 4. The number of hydrogen-bond acceptors (Lipinski definition) is 2. The number of halogens is 1. The minimum atomic E-state index is -0.109. The predicted octanol–water partition coefficient (Wildman–Crippen LogP) is 1.17. The standard InChI is InChI=1S/C9H14ClN3O/c1-7(10)3-4-12-9(14)8-5-11-6-13(8)2/h5-7H,3-4H2,1-2H3,(H,12,14). The quantitative estimate of drug-likeness (QED) is 0.767. The van der Waals surface area contributed by atoms with Crippen LogP contribution in [0, 0.1) is 0 Å². The largest absolute Gasteiger partial charge is 0.351 e. The second kappa shape index (κ2) is 5.00. The van der Waals surface area contributed by atoms with E-state index in [9.17, 15) is 4.79 Å². The normalized spacial score (nSPS) is 12.5. The van der Waals surface area contributed by atoms with Crippen molar-refractivity contribution in [3.8, 4) is 0 Å². The van der Waals surface area contributed by atoms with Gasteiger partial charge in [-0.05, 0) is 13.3 Å². The van der Waals surface area contributed by atoms with Gasteiger partial charge in [-0.25, -0.2) is 4.98 Å². The zero-order chi connectivity index (χ0) is 10.6. The van der Waals surface area contributed by atoms with E-state index in [1.807, 2.05) is 6.92 Å². The summed E-state index contributed by atoms with van der Waals surface area (Å²) in [6.07, 6.45) is 3.91. The maximum absolute atomic E-state index is 11.5. The van der Waals surface area contributed by atoms with Crippen LogP contribution in [0.3, 0.4) is 0 Å². The van der Waals surface area contributed by atoms with Crippen LogP contribution in [0.2, 0.25) is 0 Å². The Morgan fingerprint density at radius 2 is 2.50 bits per heavy atom. The number of nitrogens with one attached hydrogen (secondary N) is 1. The first-order valence-corrected chi connectivity index (χ1v) is 4.93. The molecule has 5 heteroatoms. The molecule has 1 aromatic rings. The minimum absolute atomic E-state index is 0.0850. The third-order valence-corrected chi connectivity index (χ3v) is 2.10. The zero-order valence-corrected chi connectivity index (χ0v) is 9.08. The van der Waals surface area contributed by atoms with Gasteiger partial charge in [-0.2, -0.15) is 0 Å². The van der Waals surface area contributed by atoms with Gasteiger partial charge in [0, 0.05) is 19.0 Å². The Balaban J connectivity index is 2.40. The molecule has 14 heavy (non-hydrogen) atoms. The van der Waals surface area contributed by atoms with Crippen LogP contribution in [-0.4, -0.2) is 27.4 Å². The number of carbonyl (C=O) groups is 1. The molecule has 0 spiro atoms. The van der Waals surface area contributed by atoms with E-state index in [4.69, 9.17) is 11.6 Å². The van der Waals surface area contributed by atoms with Crippen molar-refractivity contribution >= 4 is 17.5 Å². The minimum Gasteiger partial charge on any atom is -0.351 e. The van der Waals surface area contributed by atoms with Gasteiger partial charge in [0.15, 0.2) is 0 Å². The molecule has 0 saturated heterocycles. The van der Waals surface area contributed by atoms with Crippen molar-refractivity contribution in [1.82, 2.24) is 14.9 Å². The van der Waals surface area contributed by atoms with Gasteiger partial charge in [-0.15, -0.1) is 11.6 Å². The lowest BCUT2D eigenvalue weighted by Gasteiger charge is -2.05. The van der Waals surface area contributed by atoms with Crippen molar-refractivity contribution in [3.63, 3.8) is 0 Å². The van der Waals surface area contributed by atoms with Gasteiger partial charge in [0.05, 0.1) is 12.5 Å². The molecular formula is C9H14ClN3O. The lowest BCUT2D eigenvalue weighted by atomic mass is 10.3. The summed E-state index contributed by atoms with van der Waals surface area (Å²) < 4.78 is 1.68. The topological polar surface area (TPSA) is 46.9 Å². The number of imidazole rings is 1. The lowest BCUT2D eigenvalue weighted by Crippen LogP contribution is -2.27. The summed E-state index contributed by atoms with van der Waals surface area (Å²) in [5.74, 6) is -0.109. The second-order valence-electron chi connectivity index (χ2n) is 3.22. The highest BCUT2D eigenvalue weighted by Crippen LogP contribution is 1.99. The van der Waals surface area contributed by atoms with E-state index in [1.54, 1.807) is 24.1 Å². The van der Waals surface area contributed by atoms with Crippen molar-refractivity contribution in [3.05, 3.63) is 18.2 Å². The molecule has 0 fully saturated rings. The molecule has 1 rings (SSSR count). The van der Waals surface area contributed by atoms with E-state index in [0.717, 1.165) is 6.42 Å². The Labute approximate surface area is 88.3 Å². The van der Waals surface area contributed by atoms with Gasteiger partial charge >= 0.3 is 0 Å². The lowest BCUT2D eigenvalue weighted by molar-refractivity contribution is 0.0945. The summed E-state index contributed by atoms with van der Waals surface area (Å²) in [6, 6.07) is 0. The number of carbonyl (C=O) groups excluding carboxylic acids is 1. The fourth-order valence-corrected chi connectivity index (χ4v) is 1.16. The third-order valence-electron chi connectivity index (χ3n) is 1.88. The third kappa shape index (κ3) is 3.03. The first-order chi connectivity index (χ1) is 6.61. The van der Waals surface area contributed by atoms with Crippen molar-refractivity contribution in [1.29, 1.82) is 0 Å². The van der Waals surface area contributed by atoms with Crippen LogP contribution >= 0.6 is 11.6 Å². The second-order valence-corrected chi connectivity index (χ2v) is 3.96. The molecule has 1 heterocycles. The van der Waals surface area contributed by atoms with Gasteiger partial charge in [0.25, 0.3) is 5.91 Å². The fraction of sp³-hybridized carbons (Fsp3) is 0.556. The Bertz CT molecular complexity index is 309. The van der Waals surface area contributed by atoms with E-state index in [1.165, 1.54) is 0 Å². The Morgan fingerprint density at radius 1 is 1.79 bits per heavy atom. The van der Waals surface area contributed by atoms with Crippen LogP contribution in [0.4, 0.5) is 0 Å². The van der Waals surface area contributed by atoms with Crippen LogP contribution < -0.4 is 5.32 Å². The van der Waals surface area contributed by atoms with E-state index < -0.39 is 0 Å². The molecule has 78 valence electrons. The molecule has 0 aliphatic carbocycles. The highest BCUT2D eigenvalue weighted by Gasteiger charge is 2.08. The van der Waals surface area contributed by atoms with Gasteiger partial charge in [0.2, 0.25) is 0 Å². The maximum Gasteiger partial charge on any atom is 0.269 e. The molecule has 0 bridgehead atoms. The molecule has 0 aliphatic heterocycles. The maximum atomic E-state index is 11.5. The van der Waals surface area contributed by atoms with Crippen LogP contribution in [0.15, 0.2) is 12.5 Å². The molecule has 1 atom stereocenters. The number of aryl methyl sites for hydroxylation is 1. The molecule has 4 nitrogen and oxygen atoms in total. The average molecular weight is 216 g/mol. The molecule has 1 unspecified atom stereocenters. The first-order valence-electron chi connectivity index (χ1n) is 4.50. The number of nitrogens with zero attached hydrogens (tertiary/aromatic N) is 2. The van der Waals surface area contributed by atoms with E-state index >= 15 is 0 Å².